The number of fused-ring (bicyclic) bond motifs is 1. The number of thiazole rings is 1. The Morgan fingerprint density at radius 1 is 1.26 bits per heavy atom. The third-order valence-corrected chi connectivity index (χ3v) is 4.75. The van der Waals surface area contributed by atoms with Crippen molar-refractivity contribution in [2.24, 2.45) is 0 Å². The number of benzene rings is 1. The van der Waals surface area contributed by atoms with Crippen LogP contribution in [0.15, 0.2) is 30.5 Å². The first-order chi connectivity index (χ1) is 11.0. The van der Waals surface area contributed by atoms with Crippen LogP contribution in [0.4, 0.5) is 5.13 Å². The van der Waals surface area contributed by atoms with Crippen LogP contribution in [-0.4, -0.2) is 21.2 Å². The lowest BCUT2D eigenvalue weighted by Crippen LogP contribution is -2.18. The molecule has 3 aromatic rings. The van der Waals surface area contributed by atoms with Crippen LogP contribution in [0, 0.1) is 13.8 Å². The van der Waals surface area contributed by atoms with Gasteiger partial charge < -0.3 is 9.88 Å². The Balaban J connectivity index is 1.86. The molecule has 2 heterocycles. The van der Waals surface area contributed by atoms with Gasteiger partial charge in [0.05, 0.1) is 5.69 Å². The Labute approximate surface area is 138 Å². The number of amides is 1. The fourth-order valence-electron chi connectivity index (χ4n) is 2.50. The van der Waals surface area contributed by atoms with Gasteiger partial charge in [-0.1, -0.05) is 18.2 Å². The molecule has 118 valence electrons. The fourth-order valence-corrected chi connectivity index (χ4v) is 3.33. The number of hydrogen-bond donors (Lipinski definition) is 1. The van der Waals surface area contributed by atoms with Crippen LogP contribution in [0.5, 0.6) is 0 Å². The number of carbonyl (C=O) groups excluding carboxylic acids is 2. The Morgan fingerprint density at radius 2 is 2.00 bits per heavy atom. The highest BCUT2D eigenvalue weighted by Gasteiger charge is 2.14. The molecule has 0 atom stereocenters. The highest BCUT2D eigenvalue weighted by molar-refractivity contribution is 7.15. The zero-order valence-corrected chi connectivity index (χ0v) is 14.0. The standard InChI is InChI=1S/C17H17N3O2S/c1-10-12(3)23-17(18-10)19-16(22)9-20-8-14(11(2)21)13-6-4-5-7-15(13)20/h4-8H,9H2,1-3H3,(H,18,19,22). The maximum absolute atomic E-state index is 12.3. The summed E-state index contributed by atoms with van der Waals surface area (Å²) < 4.78 is 1.80. The molecule has 1 amide bonds. The van der Waals surface area contributed by atoms with Crippen molar-refractivity contribution in [3.8, 4) is 0 Å². The van der Waals surface area contributed by atoms with Crippen LogP contribution in [0.1, 0.15) is 27.9 Å². The van der Waals surface area contributed by atoms with Crippen LogP contribution in [0.25, 0.3) is 10.9 Å². The van der Waals surface area contributed by atoms with Gasteiger partial charge in [-0.05, 0) is 26.8 Å². The molecule has 0 aliphatic rings. The predicted molar refractivity (Wildman–Crippen MR) is 92.2 cm³/mol. The maximum Gasteiger partial charge on any atom is 0.246 e. The smallest absolute Gasteiger partial charge is 0.246 e. The maximum atomic E-state index is 12.3. The molecule has 0 unspecified atom stereocenters. The van der Waals surface area contributed by atoms with Crippen LogP contribution < -0.4 is 5.32 Å². The number of aromatic nitrogens is 2. The van der Waals surface area contributed by atoms with Gasteiger partial charge in [0.15, 0.2) is 10.9 Å². The average Bonchev–Trinajstić information content (AvgIpc) is 3.00. The summed E-state index contributed by atoms with van der Waals surface area (Å²) in [5.74, 6) is -0.166. The van der Waals surface area contributed by atoms with Crippen molar-refractivity contribution in [1.29, 1.82) is 0 Å². The second-order valence-corrected chi connectivity index (χ2v) is 6.66. The molecule has 3 rings (SSSR count). The molecular weight excluding hydrogens is 310 g/mol. The van der Waals surface area contributed by atoms with E-state index in [-0.39, 0.29) is 18.2 Å². The molecule has 0 aliphatic heterocycles. The van der Waals surface area contributed by atoms with Crippen molar-refractivity contribution >= 4 is 39.1 Å². The molecule has 0 radical (unpaired) electrons. The lowest BCUT2D eigenvalue weighted by Gasteiger charge is -2.05. The Bertz CT molecular complexity index is 888. The number of ketones is 1. The zero-order valence-electron chi connectivity index (χ0n) is 13.2. The minimum atomic E-state index is -0.158. The van der Waals surface area contributed by atoms with Gasteiger partial charge in [0, 0.05) is 27.5 Å². The Morgan fingerprint density at radius 3 is 2.65 bits per heavy atom. The number of nitrogens with zero attached hydrogens (tertiary/aromatic N) is 2. The lowest BCUT2D eigenvalue weighted by atomic mass is 10.1. The van der Waals surface area contributed by atoms with E-state index in [0.717, 1.165) is 21.5 Å². The summed E-state index contributed by atoms with van der Waals surface area (Å²) in [6.07, 6.45) is 1.74. The number of anilines is 1. The Hall–Kier alpha value is -2.47. The first-order valence-corrected chi connectivity index (χ1v) is 8.10. The molecule has 23 heavy (non-hydrogen) atoms. The van der Waals surface area contributed by atoms with E-state index in [9.17, 15) is 9.59 Å². The van der Waals surface area contributed by atoms with Gasteiger partial charge in [0.1, 0.15) is 6.54 Å². The summed E-state index contributed by atoms with van der Waals surface area (Å²) in [7, 11) is 0. The van der Waals surface area contributed by atoms with Gasteiger partial charge in [-0.2, -0.15) is 0 Å². The summed E-state index contributed by atoms with van der Waals surface area (Å²) >= 11 is 1.46. The second kappa shape index (κ2) is 5.96. The molecule has 6 heteroatoms. The van der Waals surface area contributed by atoms with Gasteiger partial charge >= 0.3 is 0 Å². The van der Waals surface area contributed by atoms with E-state index in [2.05, 4.69) is 10.3 Å². The molecule has 0 saturated carbocycles. The van der Waals surface area contributed by atoms with Gasteiger partial charge in [0.2, 0.25) is 5.91 Å². The first-order valence-electron chi connectivity index (χ1n) is 7.28. The van der Waals surface area contributed by atoms with Crippen LogP contribution >= 0.6 is 11.3 Å². The van der Waals surface area contributed by atoms with E-state index < -0.39 is 0 Å². The van der Waals surface area contributed by atoms with Crippen LogP contribution in [0.3, 0.4) is 0 Å². The van der Waals surface area contributed by atoms with E-state index in [1.54, 1.807) is 10.8 Å². The number of rotatable bonds is 4. The quantitative estimate of drug-likeness (QED) is 0.745. The van der Waals surface area contributed by atoms with Gasteiger partial charge in [-0.25, -0.2) is 4.98 Å². The van der Waals surface area contributed by atoms with Crippen molar-refractivity contribution in [3.63, 3.8) is 0 Å². The summed E-state index contributed by atoms with van der Waals surface area (Å²) in [6, 6.07) is 7.59. The average molecular weight is 327 g/mol. The highest BCUT2D eigenvalue weighted by atomic mass is 32.1. The number of Topliss-reactive ketones (excluding diaryl/α,β-unsaturated/α-hetero) is 1. The number of nitrogens with one attached hydrogen (secondary N) is 1. The largest absolute Gasteiger partial charge is 0.337 e. The molecule has 0 spiro atoms. The van der Waals surface area contributed by atoms with Crippen molar-refractivity contribution in [2.75, 3.05) is 5.32 Å². The first kappa shape index (κ1) is 15.4. The van der Waals surface area contributed by atoms with Crippen LogP contribution in [-0.2, 0) is 11.3 Å². The van der Waals surface area contributed by atoms with Crippen molar-refractivity contribution in [3.05, 3.63) is 46.6 Å². The SMILES string of the molecule is CC(=O)c1cn(CC(=O)Nc2nc(C)c(C)s2)c2ccccc12. The van der Waals surface area contributed by atoms with Crippen molar-refractivity contribution in [2.45, 2.75) is 27.3 Å². The fraction of sp³-hybridized carbons (Fsp3) is 0.235. The van der Waals surface area contributed by atoms with E-state index in [1.165, 1.54) is 18.3 Å². The highest BCUT2D eigenvalue weighted by Crippen LogP contribution is 2.23. The van der Waals surface area contributed by atoms with Crippen molar-refractivity contribution < 1.29 is 9.59 Å². The summed E-state index contributed by atoms with van der Waals surface area (Å²) in [5.41, 5.74) is 2.43. The molecule has 0 fully saturated rings. The molecule has 1 N–H and O–H groups in total. The summed E-state index contributed by atoms with van der Waals surface area (Å²) in [4.78, 5) is 29.4. The summed E-state index contributed by atoms with van der Waals surface area (Å²) in [5, 5.41) is 4.29. The number of hydrogen-bond acceptors (Lipinski definition) is 4. The molecular formula is C17H17N3O2S. The molecule has 1 aromatic carbocycles. The van der Waals surface area contributed by atoms with Crippen molar-refractivity contribution in [1.82, 2.24) is 9.55 Å². The molecule has 0 bridgehead atoms. The monoisotopic (exact) mass is 327 g/mol. The van der Waals surface area contributed by atoms with Gasteiger partial charge in [-0.15, -0.1) is 11.3 Å². The summed E-state index contributed by atoms with van der Waals surface area (Å²) in [6.45, 7) is 5.57. The third-order valence-electron chi connectivity index (χ3n) is 3.76. The topological polar surface area (TPSA) is 64.0 Å². The number of carbonyl (C=O) groups is 2. The normalized spacial score (nSPS) is 10.9. The second-order valence-electron chi connectivity index (χ2n) is 5.45. The lowest BCUT2D eigenvalue weighted by molar-refractivity contribution is -0.116. The number of para-hydroxylation sites is 1. The molecule has 2 aromatic heterocycles. The van der Waals surface area contributed by atoms with E-state index in [4.69, 9.17) is 0 Å². The number of aryl methyl sites for hydroxylation is 2. The minimum Gasteiger partial charge on any atom is -0.337 e. The van der Waals surface area contributed by atoms with Gasteiger partial charge in [0.25, 0.3) is 0 Å². The molecule has 5 nitrogen and oxygen atoms in total. The Kier molecular flexibility index (Phi) is 4.00. The minimum absolute atomic E-state index is 0.00784. The van der Waals surface area contributed by atoms with E-state index >= 15 is 0 Å². The zero-order chi connectivity index (χ0) is 16.6. The molecule has 0 saturated heterocycles. The van der Waals surface area contributed by atoms with E-state index in [1.807, 2.05) is 38.1 Å². The van der Waals surface area contributed by atoms with Gasteiger partial charge in [-0.3, -0.25) is 9.59 Å². The predicted octanol–water partition coefficient (Wildman–Crippen LogP) is 3.56. The molecule has 0 aliphatic carbocycles. The third kappa shape index (κ3) is 3.03. The van der Waals surface area contributed by atoms with Crippen LogP contribution in [0.2, 0.25) is 0 Å². The van der Waals surface area contributed by atoms with E-state index in [0.29, 0.717) is 10.7 Å².